The monoisotopic (exact) mass is 269 g/mol. The molecule has 1 rings (SSSR count). The Morgan fingerprint density at radius 1 is 1.28 bits per heavy atom. The molecule has 0 aromatic rings. The summed E-state index contributed by atoms with van der Waals surface area (Å²) in [6.45, 7) is 4.31. The van der Waals surface area contributed by atoms with Crippen molar-refractivity contribution in [2.45, 2.75) is 45.1 Å². The number of ether oxygens (including phenoxy) is 1. The number of nitrogens with zero attached hydrogens (tertiary/aromatic N) is 1. The first-order valence-corrected chi connectivity index (χ1v) is 5.72. The van der Waals surface area contributed by atoms with Crippen LogP contribution in [0.4, 0.5) is 18.0 Å². The van der Waals surface area contributed by atoms with Crippen LogP contribution in [-0.2, 0) is 4.74 Å². The number of β-amino-alcohol motifs (C(OH)–C–C–N with tert-alkyl or cyclic N) is 1. The number of piperidine rings is 1. The summed E-state index contributed by atoms with van der Waals surface area (Å²) < 4.78 is 42.8. The number of halogens is 3. The van der Waals surface area contributed by atoms with Gasteiger partial charge in [-0.25, -0.2) is 4.79 Å². The van der Waals surface area contributed by atoms with E-state index in [1.807, 2.05) is 0 Å². The van der Waals surface area contributed by atoms with E-state index in [9.17, 15) is 23.1 Å². The highest BCUT2D eigenvalue weighted by atomic mass is 19.4. The van der Waals surface area contributed by atoms with Gasteiger partial charge in [-0.15, -0.1) is 0 Å². The van der Waals surface area contributed by atoms with Gasteiger partial charge in [-0.3, -0.25) is 0 Å². The molecule has 1 aliphatic rings. The Kier molecular flexibility index (Phi) is 4.15. The topological polar surface area (TPSA) is 49.8 Å². The van der Waals surface area contributed by atoms with Crippen molar-refractivity contribution in [3.63, 3.8) is 0 Å². The molecule has 0 radical (unpaired) electrons. The zero-order valence-corrected chi connectivity index (χ0v) is 10.6. The van der Waals surface area contributed by atoms with Gasteiger partial charge in [-0.2, -0.15) is 13.2 Å². The summed E-state index contributed by atoms with van der Waals surface area (Å²) in [5, 5.41) is 9.41. The molecule has 1 heterocycles. The van der Waals surface area contributed by atoms with Crippen molar-refractivity contribution in [3.8, 4) is 0 Å². The molecular weight excluding hydrogens is 251 g/mol. The van der Waals surface area contributed by atoms with Crippen LogP contribution in [0, 0.1) is 5.92 Å². The predicted octanol–water partition coefficient (Wildman–Crippen LogP) is 2.17. The summed E-state index contributed by atoms with van der Waals surface area (Å²) in [6, 6.07) is 0. The van der Waals surface area contributed by atoms with Crippen molar-refractivity contribution in [1.82, 2.24) is 4.90 Å². The fourth-order valence-electron chi connectivity index (χ4n) is 1.79. The molecule has 1 aliphatic heterocycles. The summed E-state index contributed by atoms with van der Waals surface area (Å²) in [7, 11) is 0. The van der Waals surface area contributed by atoms with Gasteiger partial charge in [0.2, 0.25) is 0 Å². The number of amides is 1. The first kappa shape index (κ1) is 15.1. The molecule has 1 fully saturated rings. The fourth-order valence-corrected chi connectivity index (χ4v) is 1.79. The van der Waals surface area contributed by atoms with E-state index < -0.39 is 36.4 Å². The maximum atomic E-state index is 12.6. The molecular formula is C11H18F3NO3. The van der Waals surface area contributed by atoms with Crippen LogP contribution in [0.2, 0.25) is 0 Å². The van der Waals surface area contributed by atoms with Crippen molar-refractivity contribution in [3.05, 3.63) is 0 Å². The SMILES string of the molecule is CC(C)(C)OC(=O)N1C[C@H](O)C[C@H](C(F)(F)F)C1. The molecule has 0 aromatic carbocycles. The number of aliphatic hydroxyl groups excluding tert-OH is 1. The summed E-state index contributed by atoms with van der Waals surface area (Å²) >= 11 is 0. The van der Waals surface area contributed by atoms with E-state index in [4.69, 9.17) is 4.74 Å². The Balaban J connectivity index is 2.69. The summed E-state index contributed by atoms with van der Waals surface area (Å²) in [5.41, 5.74) is -0.771. The lowest BCUT2D eigenvalue weighted by molar-refractivity contribution is -0.194. The van der Waals surface area contributed by atoms with Crippen LogP contribution in [0.1, 0.15) is 27.2 Å². The van der Waals surface area contributed by atoms with Gasteiger partial charge in [0, 0.05) is 13.1 Å². The van der Waals surface area contributed by atoms with E-state index in [1.165, 1.54) is 0 Å². The van der Waals surface area contributed by atoms with Crippen LogP contribution in [0.25, 0.3) is 0 Å². The van der Waals surface area contributed by atoms with Crippen LogP contribution in [-0.4, -0.2) is 47.1 Å². The lowest BCUT2D eigenvalue weighted by Gasteiger charge is -2.37. The Labute approximate surface area is 104 Å². The minimum atomic E-state index is -4.42. The number of carbonyl (C=O) groups is 1. The van der Waals surface area contributed by atoms with Gasteiger partial charge < -0.3 is 14.7 Å². The van der Waals surface area contributed by atoms with E-state index >= 15 is 0 Å². The van der Waals surface area contributed by atoms with Crippen molar-refractivity contribution in [2.24, 2.45) is 5.92 Å². The van der Waals surface area contributed by atoms with Gasteiger partial charge in [-0.05, 0) is 27.2 Å². The van der Waals surface area contributed by atoms with Crippen LogP contribution < -0.4 is 0 Å². The lowest BCUT2D eigenvalue weighted by Crippen LogP contribution is -2.51. The standard InChI is InChI=1S/C11H18F3NO3/c1-10(2,3)18-9(17)15-5-7(11(12,13)14)4-8(16)6-15/h7-8,16H,4-6H2,1-3H3/t7-,8+/m0/s1. The Hall–Kier alpha value is -0.980. The third-order valence-corrected chi connectivity index (χ3v) is 2.54. The lowest BCUT2D eigenvalue weighted by atomic mass is 9.96. The summed E-state index contributed by atoms with van der Waals surface area (Å²) in [6.07, 6.45) is -6.78. The molecule has 0 aromatic heterocycles. The highest BCUT2D eigenvalue weighted by Crippen LogP contribution is 2.33. The number of hydrogen-bond acceptors (Lipinski definition) is 3. The van der Waals surface area contributed by atoms with E-state index in [0.29, 0.717) is 0 Å². The number of alkyl halides is 3. The first-order valence-electron chi connectivity index (χ1n) is 5.72. The molecule has 1 N–H and O–H groups in total. The average Bonchev–Trinajstić information content (AvgIpc) is 2.12. The molecule has 2 atom stereocenters. The quantitative estimate of drug-likeness (QED) is 0.733. The molecule has 0 aliphatic carbocycles. The molecule has 0 saturated carbocycles. The zero-order valence-electron chi connectivity index (χ0n) is 10.6. The maximum Gasteiger partial charge on any atom is 0.410 e. The van der Waals surface area contributed by atoms with Gasteiger partial charge >= 0.3 is 12.3 Å². The third kappa shape index (κ3) is 4.36. The second-order valence-corrected chi connectivity index (χ2v) is 5.51. The van der Waals surface area contributed by atoms with Crippen molar-refractivity contribution >= 4 is 6.09 Å². The predicted molar refractivity (Wildman–Crippen MR) is 58.0 cm³/mol. The number of likely N-dealkylation sites (tertiary alicyclic amines) is 1. The van der Waals surface area contributed by atoms with E-state index in [2.05, 4.69) is 0 Å². The fraction of sp³-hybridized carbons (Fsp3) is 0.909. The molecule has 1 saturated heterocycles. The largest absolute Gasteiger partial charge is 0.444 e. The minimum absolute atomic E-state index is 0.124. The van der Waals surface area contributed by atoms with Gasteiger partial charge in [0.25, 0.3) is 0 Å². The third-order valence-electron chi connectivity index (χ3n) is 2.54. The Morgan fingerprint density at radius 3 is 2.28 bits per heavy atom. The van der Waals surface area contributed by atoms with Crippen molar-refractivity contribution in [2.75, 3.05) is 13.1 Å². The molecule has 18 heavy (non-hydrogen) atoms. The molecule has 4 nitrogen and oxygen atoms in total. The normalized spacial score (nSPS) is 26.1. The Bertz CT molecular complexity index is 312. The molecule has 7 heteroatoms. The first-order chi connectivity index (χ1) is 7.99. The van der Waals surface area contributed by atoms with Crippen LogP contribution >= 0.6 is 0 Å². The van der Waals surface area contributed by atoms with Gasteiger partial charge in [0.05, 0.1) is 12.0 Å². The number of rotatable bonds is 0. The van der Waals surface area contributed by atoms with Crippen LogP contribution in [0.15, 0.2) is 0 Å². The second-order valence-electron chi connectivity index (χ2n) is 5.51. The molecule has 106 valence electrons. The summed E-state index contributed by atoms with van der Waals surface area (Å²) in [4.78, 5) is 12.6. The van der Waals surface area contributed by atoms with Crippen LogP contribution in [0.3, 0.4) is 0 Å². The van der Waals surface area contributed by atoms with Crippen molar-refractivity contribution in [1.29, 1.82) is 0 Å². The summed E-state index contributed by atoms with van der Waals surface area (Å²) in [5.74, 6) is -1.70. The highest BCUT2D eigenvalue weighted by molar-refractivity contribution is 5.68. The molecule has 0 spiro atoms. The number of carbonyl (C=O) groups excluding carboxylic acids is 1. The molecule has 0 unspecified atom stereocenters. The average molecular weight is 269 g/mol. The van der Waals surface area contributed by atoms with Gasteiger partial charge in [0.1, 0.15) is 5.60 Å². The molecule has 1 amide bonds. The second kappa shape index (κ2) is 4.95. The molecule has 0 bridgehead atoms. The van der Waals surface area contributed by atoms with Gasteiger partial charge in [-0.1, -0.05) is 0 Å². The highest BCUT2D eigenvalue weighted by Gasteiger charge is 2.45. The maximum absolute atomic E-state index is 12.6. The van der Waals surface area contributed by atoms with Gasteiger partial charge in [0.15, 0.2) is 0 Å². The zero-order chi connectivity index (χ0) is 14.1. The van der Waals surface area contributed by atoms with E-state index in [0.717, 1.165) is 4.90 Å². The number of hydrogen-bond donors (Lipinski definition) is 1. The number of aliphatic hydroxyl groups is 1. The Morgan fingerprint density at radius 2 is 1.83 bits per heavy atom. The van der Waals surface area contributed by atoms with Crippen molar-refractivity contribution < 1.29 is 27.8 Å². The van der Waals surface area contributed by atoms with E-state index in [-0.39, 0.29) is 13.0 Å². The minimum Gasteiger partial charge on any atom is -0.444 e. The van der Waals surface area contributed by atoms with Crippen LogP contribution in [0.5, 0.6) is 0 Å². The van der Waals surface area contributed by atoms with E-state index in [1.54, 1.807) is 20.8 Å². The smallest absolute Gasteiger partial charge is 0.410 e.